The molecule has 0 aliphatic heterocycles. The third-order valence-corrected chi connectivity index (χ3v) is 3.38. The number of amides is 1. The van der Waals surface area contributed by atoms with Crippen LogP contribution in [0, 0.1) is 11.3 Å². The molecule has 2 rings (SSSR count). The van der Waals surface area contributed by atoms with E-state index >= 15 is 0 Å². The number of hydrogen-bond acceptors (Lipinski definition) is 5. The lowest BCUT2D eigenvalue weighted by atomic mass is 10.1. The first-order valence-electron chi connectivity index (χ1n) is 8.24. The molecular weight excluding hydrogens is 332 g/mol. The standard InChI is InChI=1S/C20H20N2O4/c1-4-25-20(24)15-7-5-14(6-8-15)18-10-9-17(26-18)11-16(12-21)19(23)22-13(2)3/h5-11,13H,4H2,1-3H3,(H,22,23)/b16-11-. The Kier molecular flexibility index (Phi) is 6.34. The molecule has 1 aromatic heterocycles. The van der Waals surface area contributed by atoms with Gasteiger partial charge in [0, 0.05) is 17.7 Å². The van der Waals surface area contributed by atoms with Crippen LogP contribution in [0.15, 0.2) is 46.4 Å². The predicted molar refractivity (Wildman–Crippen MR) is 97.0 cm³/mol. The van der Waals surface area contributed by atoms with Gasteiger partial charge in [0.05, 0.1) is 12.2 Å². The molecule has 134 valence electrons. The van der Waals surface area contributed by atoms with Gasteiger partial charge in [0.15, 0.2) is 0 Å². The fourth-order valence-electron chi connectivity index (χ4n) is 2.20. The number of carbonyl (C=O) groups excluding carboxylic acids is 2. The number of benzene rings is 1. The average Bonchev–Trinajstić information content (AvgIpc) is 3.08. The van der Waals surface area contributed by atoms with Gasteiger partial charge < -0.3 is 14.5 Å². The first kappa shape index (κ1) is 19.0. The second kappa shape index (κ2) is 8.67. The largest absolute Gasteiger partial charge is 0.462 e. The summed E-state index contributed by atoms with van der Waals surface area (Å²) in [5.41, 5.74) is 1.19. The molecule has 0 unspecified atom stereocenters. The number of nitriles is 1. The molecule has 0 aliphatic carbocycles. The molecule has 2 aromatic rings. The number of hydrogen-bond donors (Lipinski definition) is 1. The second-order valence-electron chi connectivity index (χ2n) is 5.80. The number of ether oxygens (including phenoxy) is 1. The quantitative estimate of drug-likeness (QED) is 0.487. The van der Waals surface area contributed by atoms with Crippen LogP contribution in [0.2, 0.25) is 0 Å². The highest BCUT2D eigenvalue weighted by molar-refractivity contribution is 6.01. The first-order valence-corrected chi connectivity index (χ1v) is 8.24. The SMILES string of the molecule is CCOC(=O)c1ccc(-c2ccc(/C=C(/C#N)C(=O)NC(C)C)o2)cc1. The summed E-state index contributed by atoms with van der Waals surface area (Å²) in [5.74, 6) is 0.134. The Morgan fingerprint density at radius 2 is 1.92 bits per heavy atom. The predicted octanol–water partition coefficient (Wildman–Crippen LogP) is 3.55. The average molecular weight is 352 g/mol. The van der Waals surface area contributed by atoms with Gasteiger partial charge in [-0.05, 0) is 45.0 Å². The number of esters is 1. The Balaban J connectivity index is 2.19. The van der Waals surface area contributed by atoms with Gasteiger partial charge in [-0.3, -0.25) is 4.79 Å². The van der Waals surface area contributed by atoms with Crippen LogP contribution in [0.5, 0.6) is 0 Å². The molecule has 0 aliphatic rings. The van der Waals surface area contributed by atoms with Crippen molar-refractivity contribution in [2.24, 2.45) is 0 Å². The molecule has 26 heavy (non-hydrogen) atoms. The zero-order valence-corrected chi connectivity index (χ0v) is 14.9. The normalized spacial score (nSPS) is 11.1. The third-order valence-electron chi connectivity index (χ3n) is 3.38. The summed E-state index contributed by atoms with van der Waals surface area (Å²) in [6, 6.07) is 12.0. The first-order chi connectivity index (χ1) is 12.4. The molecule has 1 heterocycles. The molecule has 1 aromatic carbocycles. The van der Waals surface area contributed by atoms with Crippen molar-refractivity contribution >= 4 is 18.0 Å². The van der Waals surface area contributed by atoms with Gasteiger partial charge in [-0.15, -0.1) is 0 Å². The van der Waals surface area contributed by atoms with Gasteiger partial charge in [0.25, 0.3) is 5.91 Å². The lowest BCUT2D eigenvalue weighted by molar-refractivity contribution is -0.117. The zero-order chi connectivity index (χ0) is 19.1. The van der Waals surface area contributed by atoms with Crippen LogP contribution in [0.25, 0.3) is 17.4 Å². The van der Waals surface area contributed by atoms with Crippen molar-refractivity contribution in [3.8, 4) is 17.4 Å². The maximum Gasteiger partial charge on any atom is 0.338 e. The van der Waals surface area contributed by atoms with Crippen molar-refractivity contribution in [1.82, 2.24) is 5.32 Å². The van der Waals surface area contributed by atoms with E-state index in [1.807, 2.05) is 19.9 Å². The lowest BCUT2D eigenvalue weighted by Gasteiger charge is -2.06. The number of nitrogens with zero attached hydrogens (tertiary/aromatic N) is 1. The van der Waals surface area contributed by atoms with Crippen molar-refractivity contribution in [2.75, 3.05) is 6.61 Å². The summed E-state index contributed by atoms with van der Waals surface area (Å²) < 4.78 is 10.6. The monoisotopic (exact) mass is 352 g/mol. The topological polar surface area (TPSA) is 92.3 Å². The van der Waals surface area contributed by atoms with E-state index in [0.717, 1.165) is 5.56 Å². The fraction of sp³-hybridized carbons (Fsp3) is 0.250. The molecule has 0 saturated heterocycles. The minimum absolute atomic E-state index is 0.0303. The number of rotatable bonds is 6. The number of carbonyl (C=O) groups is 2. The van der Waals surface area contributed by atoms with E-state index in [2.05, 4.69) is 5.32 Å². The maximum absolute atomic E-state index is 11.9. The molecule has 6 heteroatoms. The van der Waals surface area contributed by atoms with Gasteiger partial charge in [0.1, 0.15) is 23.2 Å². The smallest absolute Gasteiger partial charge is 0.338 e. The van der Waals surface area contributed by atoms with Gasteiger partial charge in [-0.25, -0.2) is 4.79 Å². The summed E-state index contributed by atoms with van der Waals surface area (Å²) in [6.45, 7) is 5.71. The fourth-order valence-corrected chi connectivity index (χ4v) is 2.20. The molecule has 1 amide bonds. The lowest BCUT2D eigenvalue weighted by Crippen LogP contribution is -2.30. The Morgan fingerprint density at radius 1 is 1.23 bits per heavy atom. The molecule has 0 fully saturated rings. The summed E-state index contributed by atoms with van der Waals surface area (Å²) in [5, 5.41) is 11.8. The Hall–Kier alpha value is -3.33. The Morgan fingerprint density at radius 3 is 2.50 bits per heavy atom. The van der Waals surface area contributed by atoms with Gasteiger partial charge in [0.2, 0.25) is 0 Å². The molecule has 0 atom stereocenters. The second-order valence-corrected chi connectivity index (χ2v) is 5.80. The highest BCUT2D eigenvalue weighted by atomic mass is 16.5. The van der Waals surface area contributed by atoms with Crippen molar-refractivity contribution in [1.29, 1.82) is 5.26 Å². The molecule has 1 N–H and O–H groups in total. The van der Waals surface area contributed by atoms with E-state index < -0.39 is 5.91 Å². The van der Waals surface area contributed by atoms with Gasteiger partial charge >= 0.3 is 5.97 Å². The highest BCUT2D eigenvalue weighted by Crippen LogP contribution is 2.24. The number of furan rings is 1. The van der Waals surface area contributed by atoms with Gasteiger partial charge in [-0.2, -0.15) is 5.26 Å². The molecule has 6 nitrogen and oxygen atoms in total. The summed E-state index contributed by atoms with van der Waals surface area (Å²) in [4.78, 5) is 23.6. The maximum atomic E-state index is 11.9. The van der Waals surface area contributed by atoms with E-state index in [1.54, 1.807) is 43.3 Å². The minimum atomic E-state index is -0.445. The highest BCUT2D eigenvalue weighted by Gasteiger charge is 2.12. The van der Waals surface area contributed by atoms with Crippen molar-refractivity contribution in [3.63, 3.8) is 0 Å². The summed E-state index contributed by atoms with van der Waals surface area (Å²) in [7, 11) is 0. The van der Waals surface area contributed by atoms with E-state index in [9.17, 15) is 9.59 Å². The molecular formula is C20H20N2O4. The molecule has 0 spiro atoms. The summed E-state index contributed by atoms with van der Waals surface area (Å²) in [6.07, 6.45) is 1.40. The van der Waals surface area contributed by atoms with Crippen molar-refractivity contribution in [3.05, 3.63) is 53.3 Å². The van der Waals surface area contributed by atoms with Crippen LogP contribution < -0.4 is 5.32 Å². The van der Waals surface area contributed by atoms with E-state index in [1.165, 1.54) is 6.08 Å². The van der Waals surface area contributed by atoms with Crippen LogP contribution in [0.4, 0.5) is 0 Å². The zero-order valence-electron chi connectivity index (χ0n) is 14.9. The molecule has 0 radical (unpaired) electrons. The van der Waals surface area contributed by atoms with Crippen LogP contribution in [0.3, 0.4) is 0 Å². The van der Waals surface area contributed by atoms with E-state index in [-0.39, 0.29) is 17.6 Å². The van der Waals surface area contributed by atoms with Crippen LogP contribution in [0.1, 0.15) is 36.9 Å². The Labute approximate surface area is 152 Å². The van der Waals surface area contributed by atoms with Crippen molar-refractivity contribution in [2.45, 2.75) is 26.8 Å². The molecule has 0 saturated carbocycles. The van der Waals surface area contributed by atoms with Crippen LogP contribution in [-0.2, 0) is 9.53 Å². The summed E-state index contributed by atoms with van der Waals surface area (Å²) >= 11 is 0. The van der Waals surface area contributed by atoms with E-state index in [4.69, 9.17) is 14.4 Å². The number of nitrogens with one attached hydrogen (secondary N) is 1. The van der Waals surface area contributed by atoms with Crippen LogP contribution >= 0.6 is 0 Å². The van der Waals surface area contributed by atoms with Crippen molar-refractivity contribution < 1.29 is 18.7 Å². The van der Waals surface area contributed by atoms with Gasteiger partial charge in [-0.1, -0.05) is 12.1 Å². The third kappa shape index (κ3) is 4.84. The van der Waals surface area contributed by atoms with E-state index in [0.29, 0.717) is 23.7 Å². The molecule has 0 bridgehead atoms. The Bertz CT molecular complexity index is 855. The van der Waals surface area contributed by atoms with Crippen LogP contribution in [-0.4, -0.2) is 24.5 Å². The minimum Gasteiger partial charge on any atom is -0.462 e.